The number of hydrogen-bond acceptors (Lipinski definition) is 5. The summed E-state index contributed by atoms with van der Waals surface area (Å²) >= 11 is 1.09. The third-order valence-electron chi connectivity index (χ3n) is 1.91. The van der Waals surface area contributed by atoms with E-state index in [9.17, 15) is 10.1 Å². The fourth-order valence-electron chi connectivity index (χ4n) is 0.985. The molecule has 1 heterocycles. The van der Waals surface area contributed by atoms with Gasteiger partial charge in [0.15, 0.2) is 5.13 Å². The minimum Gasteiger partial charge on any atom is -0.361 e. The molecular weight excluding hydrogens is 190 g/mol. The van der Waals surface area contributed by atoms with Crippen molar-refractivity contribution < 1.29 is 4.92 Å². The van der Waals surface area contributed by atoms with E-state index in [1.807, 2.05) is 0 Å². The van der Waals surface area contributed by atoms with E-state index >= 15 is 0 Å². The van der Waals surface area contributed by atoms with Crippen LogP contribution in [0.2, 0.25) is 0 Å². The van der Waals surface area contributed by atoms with Crippen LogP contribution < -0.4 is 5.32 Å². The summed E-state index contributed by atoms with van der Waals surface area (Å²) in [5, 5.41) is 14.1. The predicted octanol–water partition coefficient (Wildman–Crippen LogP) is 1.87. The molecule has 70 valence electrons. The molecule has 0 radical (unpaired) electrons. The molecule has 1 fully saturated rings. The van der Waals surface area contributed by atoms with E-state index in [1.165, 1.54) is 19.0 Å². The predicted molar refractivity (Wildman–Crippen MR) is 50.0 cm³/mol. The van der Waals surface area contributed by atoms with Crippen LogP contribution in [-0.4, -0.2) is 16.5 Å². The number of aromatic nitrogens is 1. The van der Waals surface area contributed by atoms with E-state index < -0.39 is 4.92 Å². The Bertz CT molecular complexity index is 321. The molecule has 0 spiro atoms. The van der Waals surface area contributed by atoms with Crippen LogP contribution in [0.4, 0.5) is 10.1 Å². The summed E-state index contributed by atoms with van der Waals surface area (Å²) in [6.07, 6.45) is 3.82. The molecule has 5 nitrogen and oxygen atoms in total. The number of anilines is 1. The van der Waals surface area contributed by atoms with Gasteiger partial charge in [-0.15, -0.1) is 0 Å². The molecule has 1 N–H and O–H groups in total. The van der Waals surface area contributed by atoms with Crippen molar-refractivity contribution in [1.29, 1.82) is 0 Å². The molecule has 1 aliphatic rings. The molecule has 1 aromatic heterocycles. The van der Waals surface area contributed by atoms with Crippen LogP contribution in [0, 0.1) is 16.0 Å². The second-order valence-corrected chi connectivity index (χ2v) is 4.09. The van der Waals surface area contributed by atoms with E-state index in [1.54, 1.807) is 0 Å². The molecule has 0 atom stereocenters. The molecule has 2 rings (SSSR count). The maximum Gasteiger partial charge on any atom is 0.345 e. The molecule has 0 saturated heterocycles. The second kappa shape index (κ2) is 3.29. The number of nitrogens with zero attached hydrogens (tertiary/aromatic N) is 2. The van der Waals surface area contributed by atoms with Crippen molar-refractivity contribution in [3.8, 4) is 0 Å². The van der Waals surface area contributed by atoms with Crippen molar-refractivity contribution in [3.63, 3.8) is 0 Å². The lowest BCUT2D eigenvalue weighted by molar-refractivity contribution is -0.380. The Morgan fingerprint density at radius 3 is 3.08 bits per heavy atom. The average Bonchev–Trinajstić information content (AvgIpc) is 2.79. The van der Waals surface area contributed by atoms with Gasteiger partial charge in [-0.2, -0.15) is 0 Å². The summed E-state index contributed by atoms with van der Waals surface area (Å²) in [7, 11) is 0. The Hall–Kier alpha value is -1.17. The highest BCUT2D eigenvalue weighted by Crippen LogP contribution is 2.30. The maximum atomic E-state index is 10.3. The Morgan fingerprint density at radius 1 is 1.77 bits per heavy atom. The Kier molecular flexibility index (Phi) is 2.13. The zero-order valence-corrected chi connectivity index (χ0v) is 7.71. The van der Waals surface area contributed by atoms with Gasteiger partial charge in [0.05, 0.1) is 4.92 Å². The first kappa shape index (κ1) is 8.43. The Morgan fingerprint density at radius 2 is 2.54 bits per heavy atom. The Balaban J connectivity index is 1.92. The smallest absolute Gasteiger partial charge is 0.345 e. The van der Waals surface area contributed by atoms with Crippen LogP contribution >= 0.6 is 11.3 Å². The topological polar surface area (TPSA) is 68.1 Å². The van der Waals surface area contributed by atoms with Gasteiger partial charge in [-0.25, -0.2) is 4.98 Å². The molecule has 1 aliphatic carbocycles. The maximum absolute atomic E-state index is 10.3. The zero-order chi connectivity index (χ0) is 9.26. The molecule has 0 amide bonds. The first-order valence-electron chi connectivity index (χ1n) is 4.10. The highest BCUT2D eigenvalue weighted by molar-refractivity contribution is 7.18. The molecule has 0 aromatic carbocycles. The summed E-state index contributed by atoms with van der Waals surface area (Å²) in [5.41, 5.74) is 0. The van der Waals surface area contributed by atoms with Crippen molar-refractivity contribution in [3.05, 3.63) is 16.3 Å². The van der Waals surface area contributed by atoms with Gasteiger partial charge in [0.25, 0.3) is 0 Å². The summed E-state index contributed by atoms with van der Waals surface area (Å²) in [6, 6.07) is 0. The quantitative estimate of drug-likeness (QED) is 0.593. The summed E-state index contributed by atoms with van der Waals surface area (Å²) < 4.78 is 0. The van der Waals surface area contributed by atoms with Crippen LogP contribution in [0.15, 0.2) is 6.20 Å². The summed E-state index contributed by atoms with van der Waals surface area (Å²) in [6.45, 7) is 0.894. The fourth-order valence-corrected chi connectivity index (χ4v) is 1.62. The van der Waals surface area contributed by atoms with Gasteiger partial charge < -0.3 is 5.32 Å². The molecule has 0 aliphatic heterocycles. The van der Waals surface area contributed by atoms with E-state index in [0.29, 0.717) is 5.13 Å². The van der Waals surface area contributed by atoms with Crippen molar-refractivity contribution in [1.82, 2.24) is 4.98 Å². The van der Waals surface area contributed by atoms with Gasteiger partial charge in [-0.05, 0) is 30.1 Å². The third-order valence-corrected chi connectivity index (χ3v) is 2.82. The largest absolute Gasteiger partial charge is 0.361 e. The number of thiazole rings is 1. The van der Waals surface area contributed by atoms with E-state index in [2.05, 4.69) is 10.3 Å². The summed E-state index contributed by atoms with van der Waals surface area (Å²) in [5.74, 6) is 0.753. The standard InChI is InChI=1S/C7H9N3O2S/c11-10(12)6-4-9-7(13-6)8-3-5-1-2-5/h4-5H,1-3H2,(H,8,9). The first-order valence-corrected chi connectivity index (χ1v) is 4.91. The third kappa shape index (κ3) is 2.15. The summed E-state index contributed by atoms with van der Waals surface area (Å²) in [4.78, 5) is 13.8. The van der Waals surface area contributed by atoms with Crippen LogP contribution in [0.3, 0.4) is 0 Å². The van der Waals surface area contributed by atoms with Crippen LogP contribution in [-0.2, 0) is 0 Å². The first-order chi connectivity index (χ1) is 6.25. The number of nitro groups is 1. The van der Waals surface area contributed by atoms with Crippen molar-refractivity contribution in [2.24, 2.45) is 5.92 Å². The lowest BCUT2D eigenvalue weighted by atomic mass is 10.4. The normalized spacial score (nSPS) is 15.7. The van der Waals surface area contributed by atoms with Crippen molar-refractivity contribution in [2.45, 2.75) is 12.8 Å². The SMILES string of the molecule is O=[N+]([O-])c1cnc(NCC2CC2)s1. The molecule has 13 heavy (non-hydrogen) atoms. The lowest BCUT2D eigenvalue weighted by Crippen LogP contribution is -2.01. The van der Waals surface area contributed by atoms with Gasteiger partial charge in [0.2, 0.25) is 0 Å². The number of nitrogens with one attached hydrogen (secondary N) is 1. The van der Waals surface area contributed by atoms with Crippen molar-refractivity contribution in [2.75, 3.05) is 11.9 Å². The number of hydrogen-bond donors (Lipinski definition) is 1. The highest BCUT2D eigenvalue weighted by atomic mass is 32.1. The van der Waals surface area contributed by atoms with E-state index in [4.69, 9.17) is 0 Å². The van der Waals surface area contributed by atoms with Crippen LogP contribution in [0.1, 0.15) is 12.8 Å². The second-order valence-electron chi connectivity index (χ2n) is 3.09. The molecule has 6 heteroatoms. The molecular formula is C7H9N3O2S. The lowest BCUT2D eigenvalue weighted by Gasteiger charge is -1.97. The van der Waals surface area contributed by atoms with Gasteiger partial charge in [0, 0.05) is 6.54 Å². The number of rotatable bonds is 4. The van der Waals surface area contributed by atoms with E-state index in [0.717, 1.165) is 23.8 Å². The van der Waals surface area contributed by atoms with Crippen LogP contribution in [0.5, 0.6) is 0 Å². The minimum absolute atomic E-state index is 0.0956. The van der Waals surface area contributed by atoms with Gasteiger partial charge in [-0.1, -0.05) is 0 Å². The van der Waals surface area contributed by atoms with Gasteiger partial charge in [-0.3, -0.25) is 10.1 Å². The highest BCUT2D eigenvalue weighted by Gasteiger charge is 2.21. The zero-order valence-electron chi connectivity index (χ0n) is 6.90. The molecule has 0 bridgehead atoms. The molecule has 1 aromatic rings. The monoisotopic (exact) mass is 199 g/mol. The molecule has 1 saturated carbocycles. The average molecular weight is 199 g/mol. The van der Waals surface area contributed by atoms with Crippen LogP contribution in [0.25, 0.3) is 0 Å². The molecule has 0 unspecified atom stereocenters. The van der Waals surface area contributed by atoms with Gasteiger partial charge >= 0.3 is 5.00 Å². The van der Waals surface area contributed by atoms with Crippen molar-refractivity contribution >= 4 is 21.5 Å². The fraction of sp³-hybridized carbons (Fsp3) is 0.571. The van der Waals surface area contributed by atoms with Gasteiger partial charge in [0.1, 0.15) is 6.20 Å². The Labute approximate surface area is 78.9 Å². The minimum atomic E-state index is -0.417. The van der Waals surface area contributed by atoms with E-state index in [-0.39, 0.29) is 5.00 Å².